The van der Waals surface area contributed by atoms with Crippen LogP contribution in [0.15, 0.2) is 0 Å². The number of cyclic esters (lactones) is 1. The first kappa shape index (κ1) is 16.7. The number of carbonyl (C=O) groups is 1. The van der Waals surface area contributed by atoms with E-state index in [2.05, 4.69) is 38.8 Å². The summed E-state index contributed by atoms with van der Waals surface area (Å²) in [4.78, 5) is 13.8. The number of carbonyl (C=O) groups excluding carboxylic acids is 1. The van der Waals surface area contributed by atoms with Gasteiger partial charge in [-0.2, -0.15) is 0 Å². The Morgan fingerprint density at radius 3 is 2.26 bits per heavy atom. The molecule has 0 aliphatic carbocycles. The van der Waals surface area contributed by atoms with Crippen molar-refractivity contribution in [3.05, 3.63) is 0 Å². The maximum atomic E-state index is 11.7. The zero-order valence-electron chi connectivity index (χ0n) is 13.6. The summed E-state index contributed by atoms with van der Waals surface area (Å²) < 4.78 is 11.8. The third-order valence-electron chi connectivity index (χ3n) is 4.40. The van der Waals surface area contributed by atoms with Crippen LogP contribution in [0.5, 0.6) is 0 Å². The largest absolute Gasteiger partial charge is 0.461 e. The van der Waals surface area contributed by atoms with Crippen LogP contribution in [0.3, 0.4) is 0 Å². The minimum atomic E-state index is -1.87. The number of nitrogens with zero attached hydrogens (tertiary/aromatic N) is 1. The Morgan fingerprint density at radius 1 is 1.32 bits per heavy atom. The molecule has 0 spiro atoms. The fraction of sp³-hybridized carbons (Fsp3) is 0.929. The molecule has 0 N–H and O–H groups in total. The lowest BCUT2D eigenvalue weighted by Crippen LogP contribution is -2.57. The van der Waals surface area contributed by atoms with Crippen LogP contribution >= 0.6 is 0 Å². The monoisotopic (exact) mass is 287 g/mol. The van der Waals surface area contributed by atoms with Crippen molar-refractivity contribution in [3.8, 4) is 0 Å². The molecule has 1 fully saturated rings. The lowest BCUT2D eigenvalue weighted by Gasteiger charge is -2.45. The van der Waals surface area contributed by atoms with E-state index in [-0.39, 0.29) is 29.3 Å². The smallest absolute Gasteiger partial charge is 0.308 e. The van der Waals surface area contributed by atoms with Gasteiger partial charge < -0.3 is 14.1 Å². The first-order valence-corrected chi connectivity index (χ1v) is 9.90. The second kappa shape index (κ2) is 5.54. The summed E-state index contributed by atoms with van der Waals surface area (Å²) in [6.45, 7) is 13.1. The molecule has 1 saturated heterocycles. The summed E-state index contributed by atoms with van der Waals surface area (Å²) in [5.41, 5.74) is 0. The highest BCUT2D eigenvalue weighted by molar-refractivity contribution is 6.74. The SMILES string of the molecule is C[C@@H]1OC(=O)C[C@H](O[Si](C)(C)C(C)(C)C)[C@@H]1N(C)C. The minimum absolute atomic E-state index is 0.0628. The lowest BCUT2D eigenvalue weighted by molar-refractivity contribution is -0.166. The van der Waals surface area contributed by atoms with Crippen molar-refractivity contribution >= 4 is 14.3 Å². The molecule has 0 aromatic rings. The topological polar surface area (TPSA) is 38.8 Å². The van der Waals surface area contributed by atoms with Crippen molar-refractivity contribution in [3.63, 3.8) is 0 Å². The highest BCUT2D eigenvalue weighted by Gasteiger charge is 2.45. The van der Waals surface area contributed by atoms with Crippen LogP contribution in [-0.2, 0) is 14.0 Å². The number of ether oxygens (including phenoxy) is 1. The Morgan fingerprint density at radius 2 is 1.84 bits per heavy atom. The van der Waals surface area contributed by atoms with E-state index in [1.54, 1.807) is 0 Å². The minimum Gasteiger partial charge on any atom is -0.461 e. The molecule has 1 aliphatic heterocycles. The molecule has 4 nitrogen and oxygen atoms in total. The summed E-state index contributed by atoms with van der Waals surface area (Å²) in [5, 5.41) is 0.147. The van der Waals surface area contributed by atoms with Gasteiger partial charge in [-0.3, -0.25) is 4.79 Å². The summed E-state index contributed by atoms with van der Waals surface area (Å²) in [7, 11) is 2.16. The van der Waals surface area contributed by atoms with Gasteiger partial charge in [-0.05, 0) is 39.2 Å². The highest BCUT2D eigenvalue weighted by Crippen LogP contribution is 2.39. The summed E-state index contributed by atoms with van der Waals surface area (Å²) in [6.07, 6.45) is 0.179. The van der Waals surface area contributed by atoms with E-state index in [0.717, 1.165) is 0 Å². The zero-order valence-corrected chi connectivity index (χ0v) is 14.6. The Labute approximate surface area is 118 Å². The summed E-state index contributed by atoms with van der Waals surface area (Å²) >= 11 is 0. The van der Waals surface area contributed by atoms with Gasteiger partial charge in [-0.25, -0.2) is 0 Å². The molecule has 112 valence electrons. The van der Waals surface area contributed by atoms with Gasteiger partial charge in [-0.15, -0.1) is 0 Å². The van der Waals surface area contributed by atoms with Gasteiger partial charge in [0.2, 0.25) is 0 Å². The molecule has 1 aliphatic rings. The average molecular weight is 287 g/mol. The molecule has 1 heterocycles. The Kier molecular flexibility index (Phi) is 4.86. The predicted molar refractivity (Wildman–Crippen MR) is 79.7 cm³/mol. The van der Waals surface area contributed by atoms with Crippen LogP contribution in [0, 0.1) is 0 Å². The van der Waals surface area contributed by atoms with E-state index in [1.807, 2.05) is 21.0 Å². The van der Waals surface area contributed by atoms with Crippen LogP contribution < -0.4 is 0 Å². The third kappa shape index (κ3) is 3.80. The quantitative estimate of drug-likeness (QED) is 0.591. The van der Waals surface area contributed by atoms with Crippen molar-refractivity contribution < 1.29 is 14.0 Å². The van der Waals surface area contributed by atoms with Gasteiger partial charge >= 0.3 is 5.97 Å². The van der Waals surface area contributed by atoms with E-state index in [1.165, 1.54) is 0 Å². The Bertz CT molecular complexity index is 336. The molecule has 0 aromatic heterocycles. The molecule has 0 unspecified atom stereocenters. The second-order valence-electron chi connectivity index (χ2n) is 7.27. The zero-order chi connectivity index (χ0) is 15.0. The standard InChI is InChI=1S/C14H29NO3Si/c1-10-13(15(5)6)11(9-12(16)17-10)18-19(7,8)14(2,3)4/h10-11,13H,9H2,1-8H3/t10-,11-,13+/m0/s1. The summed E-state index contributed by atoms with van der Waals surface area (Å²) in [6, 6.07) is 0.131. The fourth-order valence-electron chi connectivity index (χ4n) is 2.33. The number of hydrogen-bond acceptors (Lipinski definition) is 4. The Balaban J connectivity index is 2.92. The van der Waals surface area contributed by atoms with E-state index >= 15 is 0 Å². The lowest BCUT2D eigenvalue weighted by atomic mass is 9.99. The third-order valence-corrected chi connectivity index (χ3v) is 8.90. The van der Waals surface area contributed by atoms with Gasteiger partial charge in [-0.1, -0.05) is 20.8 Å². The van der Waals surface area contributed by atoms with Crippen molar-refractivity contribution in [2.24, 2.45) is 0 Å². The molecule has 0 bridgehead atoms. The van der Waals surface area contributed by atoms with Crippen molar-refractivity contribution in [1.29, 1.82) is 0 Å². The van der Waals surface area contributed by atoms with E-state index in [4.69, 9.17) is 9.16 Å². The maximum absolute atomic E-state index is 11.7. The van der Waals surface area contributed by atoms with E-state index < -0.39 is 8.32 Å². The van der Waals surface area contributed by atoms with Crippen LogP contribution in [-0.4, -0.2) is 51.5 Å². The molecule has 19 heavy (non-hydrogen) atoms. The van der Waals surface area contributed by atoms with Crippen LogP contribution in [0.2, 0.25) is 18.1 Å². The van der Waals surface area contributed by atoms with Gasteiger partial charge in [0, 0.05) is 0 Å². The fourth-order valence-corrected chi connectivity index (χ4v) is 3.66. The highest BCUT2D eigenvalue weighted by atomic mass is 28.4. The first-order chi connectivity index (χ1) is 8.45. The number of esters is 1. The molecule has 5 heteroatoms. The second-order valence-corrected chi connectivity index (χ2v) is 12.0. The van der Waals surface area contributed by atoms with Gasteiger partial charge in [0.15, 0.2) is 8.32 Å². The average Bonchev–Trinajstić information content (AvgIpc) is 2.12. The van der Waals surface area contributed by atoms with E-state index in [0.29, 0.717) is 6.42 Å². The first-order valence-electron chi connectivity index (χ1n) is 6.99. The number of likely N-dealkylation sites (N-methyl/N-ethyl adjacent to an activating group) is 1. The molecule has 0 amide bonds. The van der Waals surface area contributed by atoms with Crippen molar-refractivity contribution in [1.82, 2.24) is 4.90 Å². The van der Waals surface area contributed by atoms with Crippen LogP contribution in [0.4, 0.5) is 0 Å². The molecule has 1 rings (SSSR count). The molecule has 0 saturated carbocycles. The van der Waals surface area contributed by atoms with Crippen molar-refractivity contribution in [2.75, 3.05) is 14.1 Å². The normalized spacial score (nSPS) is 29.5. The van der Waals surface area contributed by atoms with Crippen molar-refractivity contribution in [2.45, 2.75) is 70.5 Å². The molecule has 0 aromatic carbocycles. The van der Waals surface area contributed by atoms with Gasteiger partial charge in [0.05, 0.1) is 18.6 Å². The molecular weight excluding hydrogens is 258 g/mol. The van der Waals surface area contributed by atoms with Crippen LogP contribution in [0.1, 0.15) is 34.1 Å². The Hall–Kier alpha value is -0.393. The molecular formula is C14H29NO3Si. The van der Waals surface area contributed by atoms with Gasteiger partial charge in [0.1, 0.15) is 6.10 Å². The number of rotatable bonds is 3. The van der Waals surface area contributed by atoms with Crippen LogP contribution in [0.25, 0.3) is 0 Å². The molecule has 0 radical (unpaired) electrons. The number of hydrogen-bond donors (Lipinski definition) is 0. The van der Waals surface area contributed by atoms with E-state index in [9.17, 15) is 4.79 Å². The molecule has 3 atom stereocenters. The predicted octanol–water partition coefficient (Wildman–Crippen LogP) is 2.64. The van der Waals surface area contributed by atoms with Gasteiger partial charge in [0.25, 0.3) is 0 Å². The summed E-state index contributed by atoms with van der Waals surface area (Å²) in [5.74, 6) is -0.144. The maximum Gasteiger partial charge on any atom is 0.308 e.